The molecule has 0 saturated heterocycles. The first kappa shape index (κ1) is 10.9. The molecule has 2 aromatic rings. The number of aromatic amines is 1. The lowest BCUT2D eigenvalue weighted by Gasteiger charge is -2.05. The van der Waals surface area contributed by atoms with Gasteiger partial charge in [0.05, 0.1) is 12.9 Å². The van der Waals surface area contributed by atoms with E-state index in [-0.39, 0.29) is 0 Å². The van der Waals surface area contributed by atoms with Crippen molar-refractivity contribution in [3.63, 3.8) is 0 Å². The van der Waals surface area contributed by atoms with Gasteiger partial charge in [0.1, 0.15) is 5.82 Å². The molecule has 0 aliphatic rings. The van der Waals surface area contributed by atoms with Crippen LogP contribution in [0.5, 0.6) is 0 Å². The van der Waals surface area contributed by atoms with Crippen molar-refractivity contribution >= 4 is 0 Å². The van der Waals surface area contributed by atoms with E-state index in [9.17, 15) is 0 Å². The molecular formula is C11H17N5. The van der Waals surface area contributed by atoms with Gasteiger partial charge in [0.25, 0.3) is 0 Å². The van der Waals surface area contributed by atoms with E-state index in [1.54, 1.807) is 6.33 Å². The quantitative estimate of drug-likeness (QED) is 0.711. The summed E-state index contributed by atoms with van der Waals surface area (Å²) in [6, 6.07) is 0. The van der Waals surface area contributed by atoms with Crippen molar-refractivity contribution in [2.75, 3.05) is 6.54 Å². The largest absolute Gasteiger partial charge is 0.348 e. The topological polar surface area (TPSA) is 58.5 Å². The molecule has 0 radical (unpaired) electrons. The summed E-state index contributed by atoms with van der Waals surface area (Å²) in [6.07, 6.45) is 8.38. The summed E-state index contributed by atoms with van der Waals surface area (Å²) in [4.78, 5) is 11.4. The maximum Gasteiger partial charge on any atom is 0.122 e. The normalized spacial score (nSPS) is 10.8. The molecule has 0 amide bonds. The molecule has 0 aliphatic carbocycles. The van der Waals surface area contributed by atoms with Crippen molar-refractivity contribution in [3.05, 3.63) is 36.4 Å². The third kappa shape index (κ3) is 2.70. The van der Waals surface area contributed by atoms with Crippen LogP contribution in [0.25, 0.3) is 0 Å². The van der Waals surface area contributed by atoms with Crippen molar-refractivity contribution in [3.8, 4) is 0 Å². The van der Waals surface area contributed by atoms with Crippen molar-refractivity contribution in [1.29, 1.82) is 0 Å². The maximum atomic E-state index is 4.30. The minimum Gasteiger partial charge on any atom is -0.348 e. The summed E-state index contributed by atoms with van der Waals surface area (Å²) in [7, 11) is 0. The van der Waals surface area contributed by atoms with Gasteiger partial charge < -0.3 is 14.9 Å². The monoisotopic (exact) mass is 219 g/mol. The number of hydrogen-bond acceptors (Lipinski definition) is 3. The Morgan fingerprint density at radius 3 is 3.19 bits per heavy atom. The highest BCUT2D eigenvalue weighted by Gasteiger charge is 2.00. The van der Waals surface area contributed by atoms with E-state index in [0.29, 0.717) is 0 Å². The van der Waals surface area contributed by atoms with E-state index in [2.05, 4.69) is 31.8 Å². The summed E-state index contributed by atoms with van der Waals surface area (Å²) in [5, 5.41) is 3.37. The lowest BCUT2D eigenvalue weighted by atomic mass is 10.3. The average Bonchev–Trinajstić information content (AvgIpc) is 2.95. The number of imidazole rings is 2. The summed E-state index contributed by atoms with van der Waals surface area (Å²) < 4.78 is 2.14. The standard InChI is InChI=1S/C11H17N5/c1-2-16-6-5-14-11(16)8-12-4-3-10-7-13-9-15-10/h5-7,9,12H,2-4,8H2,1H3,(H,13,15). The highest BCUT2D eigenvalue weighted by atomic mass is 15.1. The predicted molar refractivity (Wildman–Crippen MR) is 61.9 cm³/mol. The SMILES string of the molecule is CCn1ccnc1CNCCc1cnc[nH]1. The molecule has 0 aromatic carbocycles. The smallest absolute Gasteiger partial charge is 0.122 e. The fourth-order valence-electron chi connectivity index (χ4n) is 1.64. The Balaban J connectivity index is 1.72. The molecule has 0 bridgehead atoms. The second-order valence-electron chi connectivity index (χ2n) is 3.63. The van der Waals surface area contributed by atoms with Crippen LogP contribution in [-0.4, -0.2) is 26.1 Å². The third-order valence-corrected chi connectivity index (χ3v) is 2.55. The second kappa shape index (κ2) is 5.46. The molecule has 2 N–H and O–H groups in total. The zero-order valence-corrected chi connectivity index (χ0v) is 9.48. The summed E-state index contributed by atoms with van der Waals surface area (Å²) in [5.74, 6) is 1.09. The fourth-order valence-corrected chi connectivity index (χ4v) is 1.64. The van der Waals surface area contributed by atoms with Gasteiger partial charge in [-0.25, -0.2) is 9.97 Å². The van der Waals surface area contributed by atoms with Crippen molar-refractivity contribution in [2.45, 2.75) is 26.4 Å². The molecule has 5 nitrogen and oxygen atoms in total. The fraction of sp³-hybridized carbons (Fsp3) is 0.455. The van der Waals surface area contributed by atoms with E-state index in [0.717, 1.165) is 37.6 Å². The number of aromatic nitrogens is 4. The summed E-state index contributed by atoms with van der Waals surface area (Å²) >= 11 is 0. The Bertz CT molecular complexity index is 404. The summed E-state index contributed by atoms with van der Waals surface area (Å²) in [6.45, 7) is 4.83. The number of nitrogens with zero attached hydrogens (tertiary/aromatic N) is 3. The zero-order valence-electron chi connectivity index (χ0n) is 9.48. The van der Waals surface area contributed by atoms with Gasteiger partial charge in [-0.3, -0.25) is 0 Å². The molecule has 0 atom stereocenters. The Hall–Kier alpha value is -1.62. The van der Waals surface area contributed by atoms with Crippen LogP contribution in [0.2, 0.25) is 0 Å². The highest BCUT2D eigenvalue weighted by molar-refractivity contribution is 4.95. The van der Waals surface area contributed by atoms with Crippen LogP contribution in [0.15, 0.2) is 24.9 Å². The van der Waals surface area contributed by atoms with Crippen LogP contribution in [-0.2, 0) is 19.5 Å². The average molecular weight is 219 g/mol. The molecule has 0 unspecified atom stereocenters. The molecule has 0 aliphatic heterocycles. The van der Waals surface area contributed by atoms with Gasteiger partial charge in [-0.15, -0.1) is 0 Å². The first-order chi connectivity index (χ1) is 7.90. The zero-order chi connectivity index (χ0) is 11.2. The van der Waals surface area contributed by atoms with Crippen LogP contribution in [0, 0.1) is 0 Å². The molecule has 2 aromatic heterocycles. The summed E-state index contributed by atoms with van der Waals surface area (Å²) in [5.41, 5.74) is 1.16. The molecule has 86 valence electrons. The molecular weight excluding hydrogens is 202 g/mol. The second-order valence-corrected chi connectivity index (χ2v) is 3.63. The molecule has 0 fully saturated rings. The van der Waals surface area contributed by atoms with E-state index in [4.69, 9.17) is 0 Å². The number of H-pyrrole nitrogens is 1. The first-order valence-electron chi connectivity index (χ1n) is 5.58. The minimum atomic E-state index is 0.814. The predicted octanol–water partition coefficient (Wildman–Crippen LogP) is 0.958. The van der Waals surface area contributed by atoms with Crippen LogP contribution in [0.4, 0.5) is 0 Å². The maximum absolute atomic E-state index is 4.30. The van der Waals surface area contributed by atoms with Gasteiger partial charge in [-0.2, -0.15) is 0 Å². The van der Waals surface area contributed by atoms with Gasteiger partial charge in [-0.1, -0.05) is 0 Å². The van der Waals surface area contributed by atoms with E-state index in [1.807, 2.05) is 18.6 Å². The Morgan fingerprint density at radius 1 is 1.50 bits per heavy atom. The van der Waals surface area contributed by atoms with Gasteiger partial charge in [0.15, 0.2) is 0 Å². The molecule has 2 heterocycles. The molecule has 0 spiro atoms. The van der Waals surface area contributed by atoms with Gasteiger partial charge in [0.2, 0.25) is 0 Å². The number of aryl methyl sites for hydroxylation is 1. The van der Waals surface area contributed by atoms with E-state index in [1.165, 1.54) is 0 Å². The van der Waals surface area contributed by atoms with Crippen molar-refractivity contribution in [2.24, 2.45) is 0 Å². The Kier molecular flexibility index (Phi) is 3.71. The van der Waals surface area contributed by atoms with Crippen LogP contribution in [0.1, 0.15) is 18.4 Å². The van der Waals surface area contributed by atoms with E-state index < -0.39 is 0 Å². The molecule has 2 rings (SSSR count). The van der Waals surface area contributed by atoms with Gasteiger partial charge in [-0.05, 0) is 6.92 Å². The first-order valence-corrected chi connectivity index (χ1v) is 5.58. The molecule has 16 heavy (non-hydrogen) atoms. The Labute approximate surface area is 94.9 Å². The number of hydrogen-bond donors (Lipinski definition) is 2. The van der Waals surface area contributed by atoms with Gasteiger partial charge >= 0.3 is 0 Å². The minimum absolute atomic E-state index is 0.814. The molecule has 0 saturated carbocycles. The van der Waals surface area contributed by atoms with Crippen LogP contribution < -0.4 is 5.32 Å². The van der Waals surface area contributed by atoms with Crippen molar-refractivity contribution in [1.82, 2.24) is 24.8 Å². The Morgan fingerprint density at radius 2 is 2.44 bits per heavy atom. The van der Waals surface area contributed by atoms with Crippen LogP contribution >= 0.6 is 0 Å². The van der Waals surface area contributed by atoms with Crippen molar-refractivity contribution < 1.29 is 0 Å². The third-order valence-electron chi connectivity index (χ3n) is 2.55. The highest BCUT2D eigenvalue weighted by Crippen LogP contribution is 1.97. The van der Waals surface area contributed by atoms with Crippen LogP contribution in [0.3, 0.4) is 0 Å². The lowest BCUT2D eigenvalue weighted by Crippen LogP contribution is -2.19. The van der Waals surface area contributed by atoms with E-state index >= 15 is 0 Å². The molecule has 5 heteroatoms. The number of nitrogens with one attached hydrogen (secondary N) is 2. The lowest BCUT2D eigenvalue weighted by molar-refractivity contribution is 0.611. The number of rotatable bonds is 6. The van der Waals surface area contributed by atoms with Gasteiger partial charge in [0, 0.05) is 43.8 Å².